The van der Waals surface area contributed by atoms with E-state index >= 15 is 0 Å². The van der Waals surface area contributed by atoms with E-state index in [-0.39, 0.29) is 12.1 Å². The van der Waals surface area contributed by atoms with Gasteiger partial charge in [-0.1, -0.05) is 0 Å². The van der Waals surface area contributed by atoms with Crippen LogP contribution in [0.5, 0.6) is 0 Å². The molecular weight excluding hydrogens is 146 g/mol. The number of hydrogen-bond donors (Lipinski definition) is 2. The molecule has 0 radical (unpaired) electrons. The molecule has 3 heteroatoms. The second-order valence-electron chi connectivity index (χ2n) is 2.84. The van der Waals surface area contributed by atoms with Crippen molar-refractivity contribution in [3.63, 3.8) is 0 Å². The Morgan fingerprint density at radius 3 is 3.10 bits per heavy atom. The van der Waals surface area contributed by atoms with Gasteiger partial charge in [0.05, 0.1) is 12.1 Å². The maximum Gasteiger partial charge on any atom is 0.0775 e. The van der Waals surface area contributed by atoms with Crippen LogP contribution in [0.15, 0.2) is 10.5 Å². The minimum absolute atomic E-state index is 0.0509. The SMILES string of the molecule is N[C@H]1C2=C(C[C@H]1O)SCC2. The third-order valence-corrected chi connectivity index (χ3v) is 3.40. The highest BCUT2D eigenvalue weighted by molar-refractivity contribution is 8.03. The molecule has 0 fully saturated rings. The lowest BCUT2D eigenvalue weighted by molar-refractivity contribution is 0.169. The molecule has 1 aliphatic carbocycles. The van der Waals surface area contributed by atoms with Gasteiger partial charge in [-0.25, -0.2) is 0 Å². The molecule has 0 spiro atoms. The molecule has 56 valence electrons. The summed E-state index contributed by atoms with van der Waals surface area (Å²) in [6.45, 7) is 0. The molecule has 2 rings (SSSR count). The Bertz CT molecular complexity index is 190. The van der Waals surface area contributed by atoms with Gasteiger partial charge in [0.25, 0.3) is 0 Å². The molecule has 1 aliphatic heterocycles. The molecule has 0 saturated heterocycles. The fraction of sp³-hybridized carbons (Fsp3) is 0.714. The van der Waals surface area contributed by atoms with Crippen LogP contribution in [0, 0.1) is 0 Å². The van der Waals surface area contributed by atoms with Crippen LogP contribution in [0.4, 0.5) is 0 Å². The number of nitrogens with two attached hydrogens (primary N) is 1. The number of hydrogen-bond acceptors (Lipinski definition) is 3. The summed E-state index contributed by atoms with van der Waals surface area (Å²) in [5.74, 6) is 1.17. The van der Waals surface area contributed by atoms with Gasteiger partial charge in [-0.15, -0.1) is 11.8 Å². The lowest BCUT2D eigenvalue weighted by Crippen LogP contribution is -2.32. The van der Waals surface area contributed by atoms with Gasteiger partial charge in [0.2, 0.25) is 0 Å². The number of aliphatic hydroxyl groups excluding tert-OH is 1. The summed E-state index contributed by atoms with van der Waals surface area (Å²) >= 11 is 1.86. The van der Waals surface area contributed by atoms with Crippen molar-refractivity contribution < 1.29 is 5.11 Å². The predicted molar refractivity (Wildman–Crippen MR) is 42.7 cm³/mol. The van der Waals surface area contributed by atoms with Crippen molar-refractivity contribution in [2.24, 2.45) is 5.73 Å². The lowest BCUT2D eigenvalue weighted by Gasteiger charge is -2.11. The summed E-state index contributed by atoms with van der Waals surface area (Å²) in [4.78, 5) is 1.36. The van der Waals surface area contributed by atoms with E-state index in [0.717, 1.165) is 12.8 Å². The Kier molecular flexibility index (Phi) is 1.51. The second kappa shape index (κ2) is 2.26. The minimum Gasteiger partial charge on any atom is -0.391 e. The standard InChI is InChI=1S/C7H11NOS/c8-7-4-1-2-10-6(4)3-5(7)9/h5,7,9H,1-3,8H2/t5-,7+/m1/s1. The fourth-order valence-electron chi connectivity index (χ4n) is 1.61. The van der Waals surface area contributed by atoms with E-state index in [4.69, 9.17) is 5.73 Å². The van der Waals surface area contributed by atoms with Crippen molar-refractivity contribution in [2.75, 3.05) is 5.75 Å². The van der Waals surface area contributed by atoms with E-state index < -0.39 is 0 Å². The maximum atomic E-state index is 9.32. The zero-order valence-electron chi connectivity index (χ0n) is 5.71. The van der Waals surface area contributed by atoms with Crippen molar-refractivity contribution >= 4 is 11.8 Å². The predicted octanol–water partition coefficient (Wildman–Crippen LogP) is 0.469. The van der Waals surface area contributed by atoms with Gasteiger partial charge in [0, 0.05) is 12.2 Å². The Balaban J connectivity index is 2.22. The second-order valence-corrected chi connectivity index (χ2v) is 4.03. The third kappa shape index (κ3) is 0.813. The monoisotopic (exact) mass is 157 g/mol. The van der Waals surface area contributed by atoms with E-state index in [9.17, 15) is 5.11 Å². The molecule has 0 saturated carbocycles. The highest BCUT2D eigenvalue weighted by Crippen LogP contribution is 2.41. The number of rotatable bonds is 0. The summed E-state index contributed by atoms with van der Waals surface area (Å²) in [7, 11) is 0. The maximum absolute atomic E-state index is 9.32. The molecule has 0 aromatic carbocycles. The van der Waals surface area contributed by atoms with Crippen molar-refractivity contribution in [1.82, 2.24) is 0 Å². The molecular formula is C7H11NOS. The first-order valence-corrected chi connectivity index (χ1v) is 4.56. The molecule has 2 nitrogen and oxygen atoms in total. The van der Waals surface area contributed by atoms with Gasteiger partial charge < -0.3 is 10.8 Å². The summed E-state index contributed by atoms with van der Waals surface area (Å²) in [6, 6.07) is -0.0509. The Labute approximate surface area is 64.5 Å². The number of thioether (sulfide) groups is 1. The van der Waals surface area contributed by atoms with E-state index in [1.807, 2.05) is 11.8 Å². The summed E-state index contributed by atoms with van der Waals surface area (Å²) in [5.41, 5.74) is 7.06. The van der Waals surface area contributed by atoms with Gasteiger partial charge in [0.15, 0.2) is 0 Å². The topological polar surface area (TPSA) is 46.2 Å². The lowest BCUT2D eigenvalue weighted by atomic mass is 10.1. The first kappa shape index (κ1) is 6.70. The average Bonchev–Trinajstić information content (AvgIpc) is 2.41. The van der Waals surface area contributed by atoms with Gasteiger partial charge in [-0.2, -0.15) is 0 Å². The molecule has 0 amide bonds. The number of aliphatic hydroxyl groups is 1. The Morgan fingerprint density at radius 2 is 2.40 bits per heavy atom. The van der Waals surface area contributed by atoms with Crippen molar-refractivity contribution in [3.8, 4) is 0 Å². The van der Waals surface area contributed by atoms with Crippen molar-refractivity contribution in [2.45, 2.75) is 25.0 Å². The first-order chi connectivity index (χ1) is 4.79. The molecule has 0 aromatic rings. The van der Waals surface area contributed by atoms with Gasteiger partial charge in [-0.05, 0) is 16.9 Å². The molecule has 0 aromatic heterocycles. The third-order valence-electron chi connectivity index (χ3n) is 2.22. The van der Waals surface area contributed by atoms with Crippen LogP contribution in [0.25, 0.3) is 0 Å². The van der Waals surface area contributed by atoms with Crippen LogP contribution in [0.3, 0.4) is 0 Å². The van der Waals surface area contributed by atoms with Crippen LogP contribution < -0.4 is 5.73 Å². The minimum atomic E-state index is -0.294. The highest BCUT2D eigenvalue weighted by Gasteiger charge is 2.33. The Hall–Kier alpha value is 0.01000. The summed E-state index contributed by atoms with van der Waals surface area (Å²) < 4.78 is 0. The molecule has 0 unspecified atom stereocenters. The van der Waals surface area contributed by atoms with Crippen molar-refractivity contribution in [1.29, 1.82) is 0 Å². The van der Waals surface area contributed by atoms with Crippen LogP contribution in [-0.2, 0) is 0 Å². The summed E-state index contributed by atoms with van der Waals surface area (Å²) in [5, 5.41) is 9.32. The van der Waals surface area contributed by atoms with Gasteiger partial charge in [-0.3, -0.25) is 0 Å². The quantitative estimate of drug-likeness (QED) is 0.537. The van der Waals surface area contributed by atoms with Crippen LogP contribution in [0.1, 0.15) is 12.8 Å². The molecule has 0 bridgehead atoms. The van der Waals surface area contributed by atoms with E-state index in [1.54, 1.807) is 0 Å². The molecule has 2 atom stereocenters. The molecule has 3 N–H and O–H groups in total. The van der Waals surface area contributed by atoms with Crippen LogP contribution in [-0.4, -0.2) is 23.0 Å². The average molecular weight is 157 g/mol. The summed E-state index contributed by atoms with van der Waals surface area (Å²) in [6.07, 6.45) is 1.61. The largest absolute Gasteiger partial charge is 0.391 e. The van der Waals surface area contributed by atoms with Crippen LogP contribution >= 0.6 is 11.8 Å². The van der Waals surface area contributed by atoms with E-state index in [0.29, 0.717) is 0 Å². The van der Waals surface area contributed by atoms with E-state index in [2.05, 4.69) is 0 Å². The fourth-order valence-corrected chi connectivity index (χ4v) is 2.89. The normalized spacial score (nSPS) is 39.0. The van der Waals surface area contributed by atoms with Gasteiger partial charge >= 0.3 is 0 Å². The van der Waals surface area contributed by atoms with Crippen LogP contribution in [0.2, 0.25) is 0 Å². The molecule has 1 heterocycles. The first-order valence-electron chi connectivity index (χ1n) is 3.57. The Morgan fingerprint density at radius 1 is 1.60 bits per heavy atom. The zero-order valence-corrected chi connectivity index (χ0v) is 6.53. The zero-order chi connectivity index (χ0) is 7.14. The van der Waals surface area contributed by atoms with Gasteiger partial charge in [0.1, 0.15) is 0 Å². The highest BCUT2D eigenvalue weighted by atomic mass is 32.2. The smallest absolute Gasteiger partial charge is 0.0775 e. The molecule has 2 aliphatic rings. The van der Waals surface area contributed by atoms with Crippen molar-refractivity contribution in [3.05, 3.63) is 10.5 Å². The van der Waals surface area contributed by atoms with E-state index in [1.165, 1.54) is 16.2 Å². The molecule has 10 heavy (non-hydrogen) atoms.